The SMILES string of the molecule is CC(C)C1CCC(C(=O)OC(C)(C)C2CC[NH2+]CC2)CC1. The van der Waals surface area contributed by atoms with E-state index in [1.807, 2.05) is 0 Å². The fourth-order valence-corrected chi connectivity index (χ4v) is 4.07. The van der Waals surface area contributed by atoms with Crippen molar-refractivity contribution in [2.24, 2.45) is 23.7 Å². The van der Waals surface area contributed by atoms with Crippen LogP contribution in [0.4, 0.5) is 0 Å². The van der Waals surface area contributed by atoms with E-state index in [4.69, 9.17) is 4.74 Å². The van der Waals surface area contributed by atoms with E-state index in [0.29, 0.717) is 5.92 Å². The standard InChI is InChI=1S/C18H33NO2/c1-13(2)14-5-7-15(8-6-14)17(20)21-18(3,4)16-9-11-19-12-10-16/h13-16,19H,5-12H2,1-4H3/p+1. The average Bonchev–Trinajstić information content (AvgIpc) is 2.48. The monoisotopic (exact) mass is 296 g/mol. The van der Waals surface area contributed by atoms with E-state index in [9.17, 15) is 4.79 Å². The molecule has 2 aliphatic rings. The summed E-state index contributed by atoms with van der Waals surface area (Å²) < 4.78 is 5.96. The minimum absolute atomic E-state index is 0.0664. The van der Waals surface area contributed by atoms with Crippen molar-refractivity contribution in [2.45, 2.75) is 71.8 Å². The fourth-order valence-electron chi connectivity index (χ4n) is 4.07. The highest BCUT2D eigenvalue weighted by atomic mass is 16.6. The van der Waals surface area contributed by atoms with Crippen LogP contribution >= 0.6 is 0 Å². The second kappa shape index (κ2) is 7.13. The highest BCUT2D eigenvalue weighted by Gasteiger charge is 2.38. The second-order valence-corrected chi connectivity index (χ2v) is 8.02. The van der Waals surface area contributed by atoms with Gasteiger partial charge in [0.05, 0.1) is 19.0 Å². The van der Waals surface area contributed by atoms with Gasteiger partial charge in [-0.05, 0) is 51.4 Å². The van der Waals surface area contributed by atoms with Gasteiger partial charge < -0.3 is 10.1 Å². The van der Waals surface area contributed by atoms with Crippen molar-refractivity contribution in [3.8, 4) is 0 Å². The Labute approximate surface area is 130 Å². The van der Waals surface area contributed by atoms with E-state index in [-0.39, 0.29) is 17.5 Å². The van der Waals surface area contributed by atoms with Gasteiger partial charge in [0, 0.05) is 18.8 Å². The van der Waals surface area contributed by atoms with Gasteiger partial charge in [0.2, 0.25) is 0 Å². The number of esters is 1. The van der Waals surface area contributed by atoms with Gasteiger partial charge in [-0.3, -0.25) is 4.79 Å². The van der Waals surface area contributed by atoms with Crippen LogP contribution in [0.5, 0.6) is 0 Å². The molecule has 0 unspecified atom stereocenters. The van der Waals surface area contributed by atoms with E-state index < -0.39 is 0 Å². The highest BCUT2D eigenvalue weighted by Crippen LogP contribution is 2.36. The van der Waals surface area contributed by atoms with E-state index in [2.05, 4.69) is 33.0 Å². The molecule has 0 atom stereocenters. The minimum Gasteiger partial charge on any atom is -0.459 e. The van der Waals surface area contributed by atoms with E-state index in [1.165, 1.54) is 38.8 Å². The number of quaternary nitrogens is 1. The van der Waals surface area contributed by atoms with Crippen LogP contribution in [0.1, 0.15) is 66.2 Å². The molecule has 122 valence electrons. The van der Waals surface area contributed by atoms with Crippen LogP contribution in [-0.4, -0.2) is 24.7 Å². The van der Waals surface area contributed by atoms with Gasteiger partial charge in [-0.25, -0.2) is 0 Å². The van der Waals surface area contributed by atoms with Crippen molar-refractivity contribution in [2.75, 3.05) is 13.1 Å². The summed E-state index contributed by atoms with van der Waals surface area (Å²) in [6, 6.07) is 0. The molecule has 0 aromatic heterocycles. The largest absolute Gasteiger partial charge is 0.459 e. The van der Waals surface area contributed by atoms with Crippen LogP contribution in [0.3, 0.4) is 0 Å². The Morgan fingerprint density at radius 2 is 1.62 bits per heavy atom. The molecule has 1 aliphatic heterocycles. The zero-order chi connectivity index (χ0) is 15.5. The normalized spacial score (nSPS) is 28.6. The minimum atomic E-state index is -0.291. The van der Waals surface area contributed by atoms with Crippen molar-refractivity contribution in [3.63, 3.8) is 0 Å². The Hall–Kier alpha value is -0.570. The summed E-state index contributed by atoms with van der Waals surface area (Å²) in [5, 5.41) is 2.36. The summed E-state index contributed by atoms with van der Waals surface area (Å²) in [4.78, 5) is 12.5. The van der Waals surface area contributed by atoms with Crippen LogP contribution in [0, 0.1) is 23.7 Å². The lowest BCUT2D eigenvalue weighted by Gasteiger charge is -2.37. The Morgan fingerprint density at radius 1 is 1.05 bits per heavy atom. The third kappa shape index (κ3) is 4.45. The van der Waals surface area contributed by atoms with Gasteiger partial charge in [-0.1, -0.05) is 13.8 Å². The zero-order valence-corrected chi connectivity index (χ0v) is 14.4. The molecule has 3 nitrogen and oxygen atoms in total. The Balaban J connectivity index is 1.83. The number of ether oxygens (including phenoxy) is 1. The number of rotatable bonds is 4. The number of carbonyl (C=O) groups excluding carboxylic acids is 1. The molecule has 1 saturated heterocycles. The first kappa shape index (κ1) is 16.8. The Kier molecular flexibility index (Phi) is 5.70. The lowest BCUT2D eigenvalue weighted by atomic mass is 9.77. The Morgan fingerprint density at radius 3 is 2.14 bits per heavy atom. The molecule has 2 N–H and O–H groups in total. The first-order valence-corrected chi connectivity index (χ1v) is 8.94. The molecular weight excluding hydrogens is 262 g/mol. The number of hydrogen-bond acceptors (Lipinski definition) is 2. The molecular formula is C18H34NO2+. The van der Waals surface area contributed by atoms with Gasteiger partial charge in [0.15, 0.2) is 0 Å². The molecule has 0 spiro atoms. The van der Waals surface area contributed by atoms with Gasteiger partial charge in [-0.15, -0.1) is 0 Å². The van der Waals surface area contributed by atoms with Crippen molar-refractivity contribution in [1.29, 1.82) is 0 Å². The molecule has 0 bridgehead atoms. The first-order chi connectivity index (χ1) is 9.90. The second-order valence-electron chi connectivity index (χ2n) is 8.02. The van der Waals surface area contributed by atoms with Gasteiger partial charge >= 0.3 is 5.97 Å². The summed E-state index contributed by atoms with van der Waals surface area (Å²) in [7, 11) is 0. The maximum Gasteiger partial charge on any atom is 0.309 e. The lowest BCUT2D eigenvalue weighted by molar-refractivity contribution is -0.665. The van der Waals surface area contributed by atoms with Gasteiger partial charge in [0.1, 0.15) is 5.60 Å². The number of nitrogens with two attached hydrogens (primary N) is 1. The Bertz CT molecular complexity index is 337. The quantitative estimate of drug-likeness (QED) is 0.811. The summed E-state index contributed by atoms with van der Waals surface area (Å²) in [6.07, 6.45) is 6.76. The summed E-state index contributed by atoms with van der Waals surface area (Å²) in [5.41, 5.74) is -0.291. The highest BCUT2D eigenvalue weighted by molar-refractivity contribution is 5.73. The predicted octanol–water partition coefficient (Wildman–Crippen LogP) is 2.74. The predicted molar refractivity (Wildman–Crippen MR) is 84.8 cm³/mol. The first-order valence-electron chi connectivity index (χ1n) is 8.94. The number of carbonyl (C=O) groups is 1. The van der Waals surface area contributed by atoms with E-state index in [1.54, 1.807) is 0 Å². The van der Waals surface area contributed by atoms with Gasteiger partial charge in [0.25, 0.3) is 0 Å². The molecule has 0 amide bonds. The topological polar surface area (TPSA) is 42.9 Å². The molecule has 1 aliphatic carbocycles. The van der Waals surface area contributed by atoms with Crippen LogP contribution in [0.2, 0.25) is 0 Å². The molecule has 1 heterocycles. The smallest absolute Gasteiger partial charge is 0.309 e. The molecule has 2 fully saturated rings. The van der Waals surface area contributed by atoms with Crippen molar-refractivity contribution < 1.29 is 14.8 Å². The maximum atomic E-state index is 12.5. The van der Waals surface area contributed by atoms with Crippen molar-refractivity contribution >= 4 is 5.97 Å². The van der Waals surface area contributed by atoms with Crippen molar-refractivity contribution in [3.05, 3.63) is 0 Å². The molecule has 2 rings (SSSR count). The van der Waals surface area contributed by atoms with Crippen molar-refractivity contribution in [1.82, 2.24) is 0 Å². The number of piperidine rings is 1. The van der Waals surface area contributed by atoms with Crippen LogP contribution in [-0.2, 0) is 9.53 Å². The van der Waals surface area contributed by atoms with E-state index >= 15 is 0 Å². The van der Waals surface area contributed by atoms with Gasteiger partial charge in [-0.2, -0.15) is 0 Å². The molecule has 0 radical (unpaired) electrons. The van der Waals surface area contributed by atoms with Crippen LogP contribution in [0.15, 0.2) is 0 Å². The van der Waals surface area contributed by atoms with E-state index in [0.717, 1.165) is 24.7 Å². The fraction of sp³-hybridized carbons (Fsp3) is 0.944. The molecule has 0 aromatic carbocycles. The van der Waals surface area contributed by atoms with Crippen LogP contribution < -0.4 is 5.32 Å². The maximum absolute atomic E-state index is 12.5. The lowest BCUT2D eigenvalue weighted by Crippen LogP contribution is -2.86. The summed E-state index contributed by atoms with van der Waals surface area (Å²) in [6.45, 7) is 11.2. The van der Waals surface area contributed by atoms with Crippen LogP contribution in [0.25, 0.3) is 0 Å². The molecule has 3 heteroatoms. The third-order valence-electron chi connectivity index (χ3n) is 5.83. The number of hydrogen-bond donors (Lipinski definition) is 1. The average molecular weight is 296 g/mol. The zero-order valence-electron chi connectivity index (χ0n) is 14.4. The summed E-state index contributed by atoms with van der Waals surface area (Å²) in [5.74, 6) is 2.29. The molecule has 1 saturated carbocycles. The molecule has 21 heavy (non-hydrogen) atoms. The third-order valence-corrected chi connectivity index (χ3v) is 5.83. The summed E-state index contributed by atoms with van der Waals surface area (Å²) >= 11 is 0. The molecule has 0 aromatic rings.